The molecule has 0 aromatic heterocycles. The molecule has 1 heterocycles. The first-order chi connectivity index (χ1) is 4.83. The van der Waals surface area contributed by atoms with E-state index in [2.05, 4.69) is 10.6 Å². The molecule has 10 heavy (non-hydrogen) atoms. The van der Waals surface area contributed by atoms with E-state index in [0.717, 1.165) is 0 Å². The fourth-order valence-electron chi connectivity index (χ4n) is 1.01. The third-order valence-electron chi connectivity index (χ3n) is 1.50. The molecule has 1 fully saturated rings. The summed E-state index contributed by atoms with van der Waals surface area (Å²) in [4.78, 5) is 10.6. The average molecular weight is 146 g/mol. The van der Waals surface area contributed by atoms with Gasteiger partial charge >= 0.3 is 0 Å². The molecule has 0 aliphatic carbocycles. The Morgan fingerprint density at radius 2 is 2.60 bits per heavy atom. The van der Waals surface area contributed by atoms with Crippen LogP contribution in [0.25, 0.3) is 0 Å². The first-order valence-corrected chi connectivity index (χ1v) is 3.39. The topological polar surface area (TPSA) is 41.1 Å². The summed E-state index contributed by atoms with van der Waals surface area (Å²) in [5, 5.41) is 5.56. The second-order valence-corrected chi connectivity index (χ2v) is 2.35. The van der Waals surface area contributed by atoms with Crippen LogP contribution in [-0.2, 0) is 4.79 Å². The Hall–Kier alpha value is -0.640. The number of carbonyl (C=O) groups excluding carboxylic acids is 1. The average Bonchev–Trinajstić information content (AvgIpc) is 2.31. The maximum Gasteiger partial charge on any atom is 0.221 e. The fraction of sp³-hybridized carbons (Fsp3) is 0.833. The molecule has 0 radical (unpaired) electrons. The molecule has 1 unspecified atom stereocenters. The number of amides is 1. The van der Waals surface area contributed by atoms with E-state index in [1.54, 1.807) is 0 Å². The summed E-state index contributed by atoms with van der Waals surface area (Å²) in [6.45, 7) is 0.614. The van der Waals surface area contributed by atoms with Crippen LogP contribution in [0.3, 0.4) is 0 Å². The molecule has 0 aromatic rings. The normalized spacial score (nSPS) is 24.9. The summed E-state index contributed by atoms with van der Waals surface area (Å²) < 4.78 is 11.6. The Balaban J connectivity index is 2.12. The molecule has 1 saturated heterocycles. The van der Waals surface area contributed by atoms with Crippen molar-refractivity contribution in [2.24, 2.45) is 0 Å². The highest BCUT2D eigenvalue weighted by Gasteiger charge is 2.19. The largest absolute Gasteiger partial charge is 0.354 e. The van der Waals surface area contributed by atoms with Crippen LogP contribution in [0.2, 0.25) is 0 Å². The minimum atomic E-state index is -0.370. The van der Waals surface area contributed by atoms with E-state index in [0.29, 0.717) is 19.5 Å². The Bertz CT molecular complexity index is 129. The number of rotatable bonds is 3. The van der Waals surface area contributed by atoms with Crippen molar-refractivity contribution in [3.05, 3.63) is 0 Å². The highest BCUT2D eigenvalue weighted by Crippen LogP contribution is 1.97. The number of alkyl halides is 1. The van der Waals surface area contributed by atoms with Gasteiger partial charge in [-0.05, 0) is 0 Å². The zero-order valence-electron chi connectivity index (χ0n) is 5.69. The van der Waals surface area contributed by atoms with Crippen molar-refractivity contribution in [2.75, 3.05) is 19.8 Å². The van der Waals surface area contributed by atoms with Crippen LogP contribution in [0, 0.1) is 0 Å². The predicted molar refractivity (Wildman–Crippen MR) is 35.4 cm³/mol. The molecule has 1 aliphatic heterocycles. The third-order valence-corrected chi connectivity index (χ3v) is 1.50. The highest BCUT2D eigenvalue weighted by molar-refractivity contribution is 5.78. The molecule has 1 amide bonds. The Morgan fingerprint density at radius 3 is 3.10 bits per heavy atom. The molecule has 0 saturated carbocycles. The van der Waals surface area contributed by atoms with Crippen LogP contribution in [0.15, 0.2) is 0 Å². The van der Waals surface area contributed by atoms with E-state index in [1.165, 1.54) is 0 Å². The van der Waals surface area contributed by atoms with Crippen molar-refractivity contribution < 1.29 is 9.18 Å². The maximum absolute atomic E-state index is 11.6. The van der Waals surface area contributed by atoms with Gasteiger partial charge in [0.2, 0.25) is 5.91 Å². The van der Waals surface area contributed by atoms with E-state index in [-0.39, 0.29) is 18.6 Å². The Labute approximate surface area is 59.0 Å². The van der Waals surface area contributed by atoms with E-state index in [4.69, 9.17) is 0 Å². The predicted octanol–water partition coefficient (Wildman–Crippen LogP) is -0.566. The minimum absolute atomic E-state index is 0.0522. The van der Waals surface area contributed by atoms with Gasteiger partial charge in [0, 0.05) is 25.6 Å². The number of halogens is 1. The summed E-state index contributed by atoms with van der Waals surface area (Å²) in [7, 11) is 0. The smallest absolute Gasteiger partial charge is 0.221 e. The van der Waals surface area contributed by atoms with Crippen molar-refractivity contribution in [3.8, 4) is 0 Å². The SMILES string of the molecule is O=C1CC(NCCF)CN1. The van der Waals surface area contributed by atoms with Gasteiger partial charge in [0.1, 0.15) is 6.67 Å². The van der Waals surface area contributed by atoms with Crippen LogP contribution < -0.4 is 10.6 Å². The van der Waals surface area contributed by atoms with Gasteiger partial charge in [-0.3, -0.25) is 4.79 Å². The lowest BCUT2D eigenvalue weighted by Gasteiger charge is -2.06. The zero-order chi connectivity index (χ0) is 7.40. The van der Waals surface area contributed by atoms with Gasteiger partial charge in [-0.25, -0.2) is 4.39 Å². The van der Waals surface area contributed by atoms with Crippen LogP contribution in [0.5, 0.6) is 0 Å². The quantitative estimate of drug-likeness (QED) is 0.560. The number of hydrogen-bond donors (Lipinski definition) is 2. The van der Waals surface area contributed by atoms with Crippen molar-refractivity contribution >= 4 is 5.91 Å². The molecule has 1 rings (SSSR count). The molecule has 0 aromatic carbocycles. The van der Waals surface area contributed by atoms with Crippen molar-refractivity contribution in [1.29, 1.82) is 0 Å². The molecule has 58 valence electrons. The van der Waals surface area contributed by atoms with Crippen LogP contribution in [0.4, 0.5) is 4.39 Å². The van der Waals surface area contributed by atoms with Gasteiger partial charge in [0.05, 0.1) is 0 Å². The van der Waals surface area contributed by atoms with Crippen molar-refractivity contribution in [1.82, 2.24) is 10.6 Å². The zero-order valence-corrected chi connectivity index (χ0v) is 5.69. The Morgan fingerprint density at radius 1 is 1.80 bits per heavy atom. The van der Waals surface area contributed by atoms with Gasteiger partial charge in [-0.2, -0.15) is 0 Å². The lowest BCUT2D eigenvalue weighted by molar-refractivity contribution is -0.119. The van der Waals surface area contributed by atoms with E-state index in [9.17, 15) is 9.18 Å². The second-order valence-electron chi connectivity index (χ2n) is 2.35. The molecular formula is C6H11FN2O. The molecule has 1 aliphatic rings. The van der Waals surface area contributed by atoms with Crippen molar-refractivity contribution in [2.45, 2.75) is 12.5 Å². The minimum Gasteiger partial charge on any atom is -0.354 e. The molecule has 0 bridgehead atoms. The monoisotopic (exact) mass is 146 g/mol. The lowest BCUT2D eigenvalue weighted by Crippen LogP contribution is -2.32. The summed E-state index contributed by atoms with van der Waals surface area (Å²) in [5.41, 5.74) is 0. The summed E-state index contributed by atoms with van der Waals surface area (Å²) in [5.74, 6) is 0.0522. The highest BCUT2D eigenvalue weighted by atomic mass is 19.1. The van der Waals surface area contributed by atoms with E-state index in [1.807, 2.05) is 0 Å². The maximum atomic E-state index is 11.6. The van der Waals surface area contributed by atoms with E-state index < -0.39 is 0 Å². The van der Waals surface area contributed by atoms with Crippen LogP contribution >= 0.6 is 0 Å². The number of hydrogen-bond acceptors (Lipinski definition) is 2. The number of nitrogens with one attached hydrogen (secondary N) is 2. The number of carbonyl (C=O) groups is 1. The lowest BCUT2D eigenvalue weighted by atomic mass is 10.2. The molecule has 0 spiro atoms. The fourth-order valence-corrected chi connectivity index (χ4v) is 1.01. The third kappa shape index (κ3) is 1.95. The van der Waals surface area contributed by atoms with E-state index >= 15 is 0 Å². The standard InChI is InChI=1S/C6H11FN2O/c7-1-2-8-5-3-6(10)9-4-5/h5,8H,1-4H2,(H,9,10). The Kier molecular flexibility index (Phi) is 2.62. The second kappa shape index (κ2) is 3.51. The van der Waals surface area contributed by atoms with Gasteiger partial charge in [0.15, 0.2) is 0 Å². The molecule has 2 N–H and O–H groups in total. The van der Waals surface area contributed by atoms with Crippen LogP contribution in [-0.4, -0.2) is 31.7 Å². The van der Waals surface area contributed by atoms with Gasteiger partial charge in [0.25, 0.3) is 0 Å². The molecular weight excluding hydrogens is 135 g/mol. The van der Waals surface area contributed by atoms with Gasteiger partial charge < -0.3 is 10.6 Å². The van der Waals surface area contributed by atoms with Gasteiger partial charge in [-0.1, -0.05) is 0 Å². The van der Waals surface area contributed by atoms with Crippen LogP contribution in [0.1, 0.15) is 6.42 Å². The summed E-state index contributed by atoms with van der Waals surface area (Å²) >= 11 is 0. The first kappa shape index (κ1) is 7.47. The van der Waals surface area contributed by atoms with Crippen molar-refractivity contribution in [3.63, 3.8) is 0 Å². The molecule has 1 atom stereocenters. The molecule has 3 nitrogen and oxygen atoms in total. The molecule has 4 heteroatoms. The first-order valence-electron chi connectivity index (χ1n) is 3.39. The summed E-state index contributed by atoms with van der Waals surface area (Å²) in [6.07, 6.45) is 0.486. The van der Waals surface area contributed by atoms with Gasteiger partial charge in [-0.15, -0.1) is 0 Å². The summed E-state index contributed by atoms with van der Waals surface area (Å²) in [6, 6.07) is 0.142.